The Labute approximate surface area is 212 Å². The third kappa shape index (κ3) is 5.85. The summed E-state index contributed by atoms with van der Waals surface area (Å²) in [6.45, 7) is 0. The molecule has 0 unspecified atom stereocenters. The van der Waals surface area contributed by atoms with Crippen molar-refractivity contribution < 1.29 is 28.2 Å². The standard InChI is InChI=1S/C20H14Cl4N2O6S/c1-29-16-11(21)5-3-9(14(16)23)18-25-26-20(32-18)33-8-7-13(27)31-19(28)10-4-6-12(22)17(30-2)15(10)24/h3-6H,7-8H2,1-2H3. The highest BCUT2D eigenvalue weighted by atomic mass is 35.5. The van der Waals surface area contributed by atoms with Gasteiger partial charge in [-0.25, -0.2) is 4.79 Å². The molecule has 174 valence electrons. The zero-order chi connectivity index (χ0) is 24.1. The molecular weight excluding hydrogens is 538 g/mol. The first-order valence-electron chi connectivity index (χ1n) is 9.02. The number of carbonyl (C=O) groups is 2. The molecule has 0 bridgehead atoms. The van der Waals surface area contributed by atoms with Crippen LogP contribution in [0.1, 0.15) is 16.8 Å². The van der Waals surface area contributed by atoms with Gasteiger partial charge < -0.3 is 18.6 Å². The number of rotatable bonds is 8. The summed E-state index contributed by atoms with van der Waals surface area (Å²) in [5.41, 5.74) is 0.397. The van der Waals surface area contributed by atoms with Crippen LogP contribution in [-0.2, 0) is 9.53 Å². The Morgan fingerprint density at radius 2 is 1.58 bits per heavy atom. The van der Waals surface area contributed by atoms with Crippen molar-refractivity contribution in [3.8, 4) is 23.0 Å². The van der Waals surface area contributed by atoms with Crippen molar-refractivity contribution in [2.75, 3.05) is 20.0 Å². The maximum atomic E-state index is 12.3. The molecule has 0 amide bonds. The molecule has 0 aliphatic rings. The molecule has 0 radical (unpaired) electrons. The average Bonchev–Trinajstić information content (AvgIpc) is 3.23. The number of esters is 2. The minimum atomic E-state index is -0.920. The van der Waals surface area contributed by atoms with E-state index >= 15 is 0 Å². The van der Waals surface area contributed by atoms with Crippen molar-refractivity contribution in [2.45, 2.75) is 11.6 Å². The molecule has 3 rings (SSSR count). The molecule has 0 fully saturated rings. The molecule has 0 saturated carbocycles. The first kappa shape index (κ1) is 25.5. The van der Waals surface area contributed by atoms with Gasteiger partial charge in [-0.3, -0.25) is 4.79 Å². The Balaban J connectivity index is 1.57. The molecule has 0 atom stereocenters. The van der Waals surface area contributed by atoms with Gasteiger partial charge in [0, 0.05) is 5.75 Å². The van der Waals surface area contributed by atoms with Crippen molar-refractivity contribution in [3.63, 3.8) is 0 Å². The topological polar surface area (TPSA) is 101 Å². The van der Waals surface area contributed by atoms with Gasteiger partial charge in [-0.05, 0) is 24.3 Å². The van der Waals surface area contributed by atoms with Crippen LogP contribution in [0, 0.1) is 0 Å². The lowest BCUT2D eigenvalue weighted by Crippen LogP contribution is -2.13. The molecule has 0 N–H and O–H groups in total. The second-order valence-electron chi connectivity index (χ2n) is 6.12. The summed E-state index contributed by atoms with van der Waals surface area (Å²) in [5.74, 6) is -0.917. The van der Waals surface area contributed by atoms with Crippen molar-refractivity contribution in [2.24, 2.45) is 0 Å². The van der Waals surface area contributed by atoms with Gasteiger partial charge in [-0.1, -0.05) is 58.2 Å². The number of halogens is 4. The summed E-state index contributed by atoms with van der Waals surface area (Å²) in [5, 5.41) is 8.78. The fourth-order valence-electron chi connectivity index (χ4n) is 2.57. The zero-order valence-electron chi connectivity index (χ0n) is 17.0. The molecule has 33 heavy (non-hydrogen) atoms. The number of nitrogens with zero attached hydrogens (tertiary/aromatic N) is 2. The summed E-state index contributed by atoms with van der Waals surface area (Å²) in [6, 6.07) is 5.97. The predicted molar refractivity (Wildman–Crippen MR) is 125 cm³/mol. The third-order valence-corrected chi connectivity index (χ3v) is 6.27. The molecule has 1 heterocycles. The van der Waals surface area contributed by atoms with E-state index < -0.39 is 11.9 Å². The van der Waals surface area contributed by atoms with E-state index in [9.17, 15) is 9.59 Å². The summed E-state index contributed by atoms with van der Waals surface area (Å²) in [7, 11) is 2.79. The van der Waals surface area contributed by atoms with Crippen molar-refractivity contribution in [3.05, 3.63) is 49.9 Å². The van der Waals surface area contributed by atoms with Crippen molar-refractivity contribution >= 4 is 70.1 Å². The highest BCUT2D eigenvalue weighted by Crippen LogP contribution is 2.40. The van der Waals surface area contributed by atoms with Crippen LogP contribution in [0.4, 0.5) is 0 Å². The Hall–Kier alpha value is -2.17. The van der Waals surface area contributed by atoms with Gasteiger partial charge in [0.1, 0.15) is 0 Å². The van der Waals surface area contributed by atoms with E-state index in [1.54, 1.807) is 12.1 Å². The van der Waals surface area contributed by atoms with Crippen LogP contribution in [0.3, 0.4) is 0 Å². The lowest BCUT2D eigenvalue weighted by molar-refractivity contribution is -0.137. The van der Waals surface area contributed by atoms with Crippen molar-refractivity contribution in [1.82, 2.24) is 10.2 Å². The Morgan fingerprint density at radius 3 is 2.24 bits per heavy atom. The van der Waals surface area contributed by atoms with Crippen LogP contribution in [0.25, 0.3) is 11.5 Å². The summed E-state index contributed by atoms with van der Waals surface area (Å²) in [6.07, 6.45) is -0.105. The van der Waals surface area contributed by atoms with E-state index in [4.69, 9.17) is 65.0 Å². The predicted octanol–water partition coefficient (Wildman–Crippen LogP) is 6.23. The minimum Gasteiger partial charge on any atom is -0.494 e. The van der Waals surface area contributed by atoms with Gasteiger partial charge in [0.25, 0.3) is 5.22 Å². The molecular formula is C20H14Cl4N2O6S. The number of ether oxygens (including phenoxy) is 3. The van der Waals surface area contributed by atoms with Gasteiger partial charge in [0.2, 0.25) is 5.89 Å². The van der Waals surface area contributed by atoms with Crippen molar-refractivity contribution in [1.29, 1.82) is 0 Å². The first-order chi connectivity index (χ1) is 15.8. The van der Waals surface area contributed by atoms with Gasteiger partial charge >= 0.3 is 11.9 Å². The number of benzene rings is 2. The molecule has 13 heteroatoms. The van der Waals surface area contributed by atoms with Crippen LogP contribution < -0.4 is 9.47 Å². The van der Waals surface area contributed by atoms with Gasteiger partial charge in [-0.15, -0.1) is 10.2 Å². The van der Waals surface area contributed by atoms with Crippen LogP contribution >= 0.6 is 58.2 Å². The largest absolute Gasteiger partial charge is 0.494 e. The second kappa shape index (κ2) is 11.3. The van der Waals surface area contributed by atoms with Gasteiger partial charge in [0.05, 0.1) is 51.9 Å². The molecule has 8 nitrogen and oxygen atoms in total. The van der Waals surface area contributed by atoms with Crippen LogP contribution in [0.15, 0.2) is 33.9 Å². The smallest absolute Gasteiger partial charge is 0.347 e. The Kier molecular flexibility index (Phi) is 8.72. The summed E-state index contributed by atoms with van der Waals surface area (Å²) in [4.78, 5) is 24.3. The van der Waals surface area contributed by atoms with Gasteiger partial charge in [0.15, 0.2) is 11.5 Å². The number of methoxy groups -OCH3 is 2. The Bertz CT molecular complexity index is 1200. The summed E-state index contributed by atoms with van der Waals surface area (Å²) >= 11 is 25.4. The number of carbonyl (C=O) groups excluding carboxylic acids is 2. The van der Waals surface area contributed by atoms with E-state index in [0.29, 0.717) is 10.6 Å². The highest BCUT2D eigenvalue weighted by Gasteiger charge is 2.21. The fourth-order valence-corrected chi connectivity index (χ4v) is 4.46. The zero-order valence-corrected chi connectivity index (χ0v) is 20.8. The third-order valence-electron chi connectivity index (χ3n) is 4.10. The summed E-state index contributed by atoms with van der Waals surface area (Å²) < 4.78 is 20.6. The number of hydrogen-bond donors (Lipinski definition) is 0. The number of hydrogen-bond acceptors (Lipinski definition) is 9. The molecule has 0 aliphatic carbocycles. The maximum absolute atomic E-state index is 12.3. The first-order valence-corrected chi connectivity index (χ1v) is 11.5. The number of aromatic nitrogens is 2. The van der Waals surface area contributed by atoms with Crippen LogP contribution in [0.2, 0.25) is 20.1 Å². The van der Waals surface area contributed by atoms with Crippen LogP contribution in [-0.4, -0.2) is 42.1 Å². The average molecular weight is 552 g/mol. The lowest BCUT2D eigenvalue weighted by atomic mass is 10.2. The molecule has 1 aromatic heterocycles. The monoisotopic (exact) mass is 550 g/mol. The molecule has 2 aromatic carbocycles. The van der Waals surface area contributed by atoms with E-state index in [-0.39, 0.29) is 55.4 Å². The molecule has 0 aliphatic heterocycles. The van der Waals surface area contributed by atoms with E-state index in [2.05, 4.69) is 10.2 Å². The second-order valence-corrected chi connectivity index (χ2v) is 8.73. The highest BCUT2D eigenvalue weighted by molar-refractivity contribution is 7.99. The van der Waals surface area contributed by atoms with E-state index in [1.165, 1.54) is 26.4 Å². The molecule has 0 spiro atoms. The van der Waals surface area contributed by atoms with E-state index in [1.807, 2.05) is 0 Å². The Morgan fingerprint density at radius 1 is 0.939 bits per heavy atom. The quantitative estimate of drug-likeness (QED) is 0.183. The van der Waals surface area contributed by atoms with Gasteiger partial charge in [-0.2, -0.15) is 0 Å². The minimum absolute atomic E-state index is 0.0456. The van der Waals surface area contributed by atoms with Crippen LogP contribution in [0.5, 0.6) is 11.5 Å². The molecule has 0 saturated heterocycles. The normalized spacial score (nSPS) is 10.7. The SMILES string of the molecule is COc1c(Cl)ccc(C(=O)OC(=O)CCSc2nnc(-c3ccc(Cl)c(OC)c3Cl)o2)c1Cl. The van der Waals surface area contributed by atoms with E-state index in [0.717, 1.165) is 11.8 Å². The maximum Gasteiger partial charge on any atom is 0.347 e. The number of thioether (sulfide) groups is 1. The fraction of sp³-hybridized carbons (Fsp3) is 0.200. The lowest BCUT2D eigenvalue weighted by Gasteiger charge is -2.09. The molecule has 3 aromatic rings.